The molecule has 0 aliphatic carbocycles. The van der Waals surface area contributed by atoms with Crippen LogP contribution in [-0.4, -0.2) is 19.3 Å². The Bertz CT molecular complexity index is 691. The number of rotatable bonds is 3. The highest BCUT2D eigenvalue weighted by Gasteiger charge is 2.36. The van der Waals surface area contributed by atoms with Gasteiger partial charge in [-0.2, -0.15) is 0 Å². The van der Waals surface area contributed by atoms with Crippen LogP contribution < -0.4 is 14.2 Å². The van der Waals surface area contributed by atoms with E-state index in [0.29, 0.717) is 5.75 Å². The first-order chi connectivity index (χ1) is 10.6. The molecule has 22 heavy (non-hydrogen) atoms. The second kappa shape index (κ2) is 5.44. The number of hydrogen-bond donors (Lipinski definition) is 1. The van der Waals surface area contributed by atoms with Gasteiger partial charge in [0.25, 0.3) is 0 Å². The van der Waals surface area contributed by atoms with Crippen molar-refractivity contribution in [1.82, 2.24) is 0 Å². The molecule has 0 spiro atoms. The van der Waals surface area contributed by atoms with Crippen molar-refractivity contribution in [3.05, 3.63) is 47.0 Å². The predicted molar refractivity (Wildman–Crippen MR) is 84.2 cm³/mol. The van der Waals surface area contributed by atoms with Gasteiger partial charge in [-0.15, -0.1) is 0 Å². The molecule has 2 aromatic carbocycles. The van der Waals surface area contributed by atoms with Crippen molar-refractivity contribution in [3.63, 3.8) is 0 Å². The van der Waals surface area contributed by atoms with Crippen LogP contribution in [0.3, 0.4) is 0 Å². The summed E-state index contributed by atoms with van der Waals surface area (Å²) in [7, 11) is 3.23. The molecule has 1 N–H and O–H groups in total. The third-order valence-corrected chi connectivity index (χ3v) is 4.34. The molecule has 0 radical (unpaired) electrons. The van der Waals surface area contributed by atoms with E-state index in [-0.39, 0.29) is 17.8 Å². The molecule has 0 amide bonds. The number of aromatic hydroxyl groups is 1. The number of phenolic OH excluding ortho intramolecular Hbond substituents is 1. The summed E-state index contributed by atoms with van der Waals surface area (Å²) >= 11 is 0. The lowest BCUT2D eigenvalue weighted by Crippen LogP contribution is -2.07. The van der Waals surface area contributed by atoms with E-state index in [1.807, 2.05) is 31.2 Å². The largest absolute Gasteiger partial charge is 0.508 e. The van der Waals surface area contributed by atoms with Gasteiger partial charge in [0, 0.05) is 17.5 Å². The molecule has 1 heterocycles. The fourth-order valence-corrected chi connectivity index (χ4v) is 3.09. The molecular weight excluding hydrogens is 280 g/mol. The van der Waals surface area contributed by atoms with E-state index in [1.165, 1.54) is 0 Å². The highest BCUT2D eigenvalue weighted by molar-refractivity contribution is 5.60. The molecule has 2 atom stereocenters. The van der Waals surface area contributed by atoms with E-state index in [1.54, 1.807) is 20.3 Å². The van der Waals surface area contributed by atoms with Crippen LogP contribution in [0.15, 0.2) is 30.3 Å². The zero-order valence-electron chi connectivity index (χ0n) is 13.2. The summed E-state index contributed by atoms with van der Waals surface area (Å²) in [5.74, 6) is 2.48. The molecule has 116 valence electrons. The van der Waals surface area contributed by atoms with Gasteiger partial charge in [-0.25, -0.2) is 0 Å². The average molecular weight is 300 g/mol. The summed E-state index contributed by atoms with van der Waals surface area (Å²) in [6.07, 6.45) is -0.102. The minimum absolute atomic E-state index is 0.102. The topological polar surface area (TPSA) is 47.9 Å². The molecule has 1 aliphatic rings. The number of benzene rings is 2. The molecule has 0 saturated carbocycles. The Morgan fingerprint density at radius 2 is 1.77 bits per heavy atom. The minimum atomic E-state index is -0.102. The number of phenols is 1. The van der Waals surface area contributed by atoms with Crippen LogP contribution >= 0.6 is 0 Å². The molecule has 0 saturated heterocycles. The van der Waals surface area contributed by atoms with E-state index in [9.17, 15) is 5.11 Å². The fraction of sp³-hybridized carbons (Fsp3) is 0.333. The van der Waals surface area contributed by atoms with Gasteiger partial charge in [0.1, 0.15) is 17.6 Å². The lowest BCUT2D eigenvalue weighted by Gasteiger charge is -2.16. The number of ether oxygens (including phenoxy) is 3. The summed E-state index contributed by atoms with van der Waals surface area (Å²) < 4.78 is 16.7. The molecule has 3 rings (SSSR count). The van der Waals surface area contributed by atoms with E-state index in [2.05, 4.69) is 6.92 Å². The van der Waals surface area contributed by atoms with Crippen LogP contribution in [0.1, 0.15) is 35.6 Å². The SMILES string of the molecule is COc1ccc(C2Oc3c(OC)cc(O)c(C)c3C2C)cc1. The summed E-state index contributed by atoms with van der Waals surface area (Å²) in [6.45, 7) is 4.01. The summed E-state index contributed by atoms with van der Waals surface area (Å²) in [5.41, 5.74) is 2.93. The van der Waals surface area contributed by atoms with Crippen LogP contribution in [0.2, 0.25) is 0 Å². The normalized spacial score (nSPS) is 19.5. The van der Waals surface area contributed by atoms with Crippen LogP contribution in [0.25, 0.3) is 0 Å². The van der Waals surface area contributed by atoms with Gasteiger partial charge in [0.2, 0.25) is 0 Å². The Hall–Kier alpha value is -2.36. The first kappa shape index (κ1) is 14.6. The summed E-state index contributed by atoms with van der Waals surface area (Å²) in [6, 6.07) is 9.48. The highest BCUT2D eigenvalue weighted by atomic mass is 16.5. The van der Waals surface area contributed by atoms with Gasteiger partial charge < -0.3 is 19.3 Å². The van der Waals surface area contributed by atoms with Crippen molar-refractivity contribution in [3.8, 4) is 23.0 Å². The lowest BCUT2D eigenvalue weighted by atomic mass is 9.89. The monoisotopic (exact) mass is 300 g/mol. The average Bonchev–Trinajstić information content (AvgIpc) is 2.89. The molecular formula is C18H20O4. The van der Waals surface area contributed by atoms with Gasteiger partial charge in [-0.3, -0.25) is 0 Å². The summed E-state index contributed by atoms with van der Waals surface area (Å²) in [5, 5.41) is 10.1. The van der Waals surface area contributed by atoms with Crippen LogP contribution in [0, 0.1) is 6.92 Å². The zero-order valence-corrected chi connectivity index (χ0v) is 13.2. The molecule has 0 fully saturated rings. The smallest absolute Gasteiger partial charge is 0.166 e. The zero-order chi connectivity index (χ0) is 15.9. The van der Waals surface area contributed by atoms with Crippen molar-refractivity contribution < 1.29 is 19.3 Å². The quantitative estimate of drug-likeness (QED) is 0.932. The van der Waals surface area contributed by atoms with Crippen molar-refractivity contribution in [2.75, 3.05) is 14.2 Å². The van der Waals surface area contributed by atoms with Crippen molar-refractivity contribution in [1.29, 1.82) is 0 Å². The molecule has 1 aliphatic heterocycles. The van der Waals surface area contributed by atoms with Crippen molar-refractivity contribution >= 4 is 0 Å². The third kappa shape index (κ3) is 2.15. The standard InChI is InChI=1S/C18H20O4/c1-10-14(19)9-15(21-4)18-16(10)11(2)17(22-18)12-5-7-13(20-3)8-6-12/h5-9,11,17,19H,1-4H3. The van der Waals surface area contributed by atoms with Crippen molar-refractivity contribution in [2.45, 2.75) is 25.9 Å². The van der Waals surface area contributed by atoms with E-state index >= 15 is 0 Å². The van der Waals surface area contributed by atoms with Gasteiger partial charge >= 0.3 is 0 Å². The summed E-state index contributed by atoms with van der Waals surface area (Å²) in [4.78, 5) is 0. The molecule has 4 nitrogen and oxygen atoms in total. The maximum atomic E-state index is 10.1. The minimum Gasteiger partial charge on any atom is -0.508 e. The van der Waals surface area contributed by atoms with Crippen molar-refractivity contribution in [2.24, 2.45) is 0 Å². The van der Waals surface area contributed by atoms with Crippen LogP contribution in [-0.2, 0) is 0 Å². The molecule has 4 heteroatoms. The van der Waals surface area contributed by atoms with Crippen LogP contribution in [0.4, 0.5) is 0 Å². The van der Waals surface area contributed by atoms with Gasteiger partial charge in [0.15, 0.2) is 11.5 Å². The maximum Gasteiger partial charge on any atom is 0.166 e. The first-order valence-corrected chi connectivity index (χ1v) is 7.27. The Labute approximate surface area is 130 Å². The Morgan fingerprint density at radius 3 is 2.36 bits per heavy atom. The highest BCUT2D eigenvalue weighted by Crippen LogP contribution is 2.53. The third-order valence-electron chi connectivity index (χ3n) is 4.34. The Balaban J connectivity index is 2.03. The van der Waals surface area contributed by atoms with E-state index < -0.39 is 0 Å². The van der Waals surface area contributed by atoms with E-state index in [0.717, 1.165) is 28.2 Å². The Kier molecular flexibility index (Phi) is 3.61. The number of methoxy groups -OCH3 is 2. The van der Waals surface area contributed by atoms with Gasteiger partial charge in [-0.05, 0) is 30.2 Å². The second-order valence-electron chi connectivity index (χ2n) is 5.57. The van der Waals surface area contributed by atoms with Gasteiger partial charge in [0.05, 0.1) is 14.2 Å². The lowest BCUT2D eigenvalue weighted by molar-refractivity contribution is 0.208. The molecule has 2 unspecified atom stereocenters. The first-order valence-electron chi connectivity index (χ1n) is 7.27. The maximum absolute atomic E-state index is 10.1. The second-order valence-corrected chi connectivity index (χ2v) is 5.57. The number of hydrogen-bond acceptors (Lipinski definition) is 4. The fourth-order valence-electron chi connectivity index (χ4n) is 3.09. The molecule has 2 aromatic rings. The van der Waals surface area contributed by atoms with Crippen LogP contribution in [0.5, 0.6) is 23.0 Å². The van der Waals surface area contributed by atoms with E-state index in [4.69, 9.17) is 14.2 Å². The Morgan fingerprint density at radius 1 is 1.09 bits per heavy atom. The number of fused-ring (bicyclic) bond motifs is 1. The molecule has 0 bridgehead atoms. The van der Waals surface area contributed by atoms with Gasteiger partial charge in [-0.1, -0.05) is 19.1 Å². The predicted octanol–water partition coefficient (Wildman–Crippen LogP) is 3.96. The molecule has 0 aromatic heterocycles.